The van der Waals surface area contributed by atoms with E-state index in [0.29, 0.717) is 6.04 Å². The molecule has 0 aromatic heterocycles. The molecule has 0 spiro atoms. The second-order valence-electron chi connectivity index (χ2n) is 4.66. The molecule has 88 valence electrons. The molecular formula is C13H19FN2. The molecule has 1 aromatic carbocycles. The zero-order chi connectivity index (χ0) is 11.5. The highest BCUT2D eigenvalue weighted by molar-refractivity contribution is 5.26. The van der Waals surface area contributed by atoms with Crippen LogP contribution < -0.4 is 5.32 Å². The van der Waals surface area contributed by atoms with Gasteiger partial charge in [0, 0.05) is 32.2 Å². The lowest BCUT2D eigenvalue weighted by Gasteiger charge is -2.32. The minimum Gasteiger partial charge on any atom is -0.312 e. The lowest BCUT2D eigenvalue weighted by Crippen LogP contribution is -2.48. The van der Waals surface area contributed by atoms with Gasteiger partial charge in [-0.05, 0) is 37.1 Å². The van der Waals surface area contributed by atoms with Crippen LogP contribution in [0.5, 0.6) is 0 Å². The van der Waals surface area contributed by atoms with E-state index in [1.54, 1.807) is 6.07 Å². The summed E-state index contributed by atoms with van der Waals surface area (Å²) in [5.74, 6) is -0.135. The summed E-state index contributed by atoms with van der Waals surface area (Å²) in [6.07, 6.45) is 0. The van der Waals surface area contributed by atoms with Gasteiger partial charge in [0.2, 0.25) is 0 Å². The Labute approximate surface area is 96.5 Å². The molecule has 3 heteroatoms. The van der Waals surface area contributed by atoms with Crippen molar-refractivity contribution in [2.75, 3.05) is 19.6 Å². The zero-order valence-electron chi connectivity index (χ0n) is 9.96. The van der Waals surface area contributed by atoms with Crippen molar-refractivity contribution in [2.45, 2.75) is 26.4 Å². The van der Waals surface area contributed by atoms with Crippen LogP contribution in [0.15, 0.2) is 18.2 Å². The van der Waals surface area contributed by atoms with E-state index in [0.717, 1.165) is 31.7 Å². The Kier molecular flexibility index (Phi) is 3.56. The summed E-state index contributed by atoms with van der Waals surface area (Å²) >= 11 is 0. The molecule has 1 atom stereocenters. The Morgan fingerprint density at radius 1 is 1.50 bits per heavy atom. The van der Waals surface area contributed by atoms with Crippen LogP contribution in [0.1, 0.15) is 18.1 Å². The van der Waals surface area contributed by atoms with Crippen molar-refractivity contribution in [3.63, 3.8) is 0 Å². The van der Waals surface area contributed by atoms with Gasteiger partial charge in [-0.3, -0.25) is 4.90 Å². The van der Waals surface area contributed by atoms with E-state index in [-0.39, 0.29) is 5.82 Å². The molecule has 2 rings (SSSR count). The summed E-state index contributed by atoms with van der Waals surface area (Å²) < 4.78 is 13.1. The number of piperazine rings is 1. The van der Waals surface area contributed by atoms with Gasteiger partial charge in [0.05, 0.1) is 0 Å². The molecule has 1 heterocycles. The minimum absolute atomic E-state index is 0.135. The Hall–Kier alpha value is -0.930. The van der Waals surface area contributed by atoms with Crippen molar-refractivity contribution in [3.05, 3.63) is 35.1 Å². The Morgan fingerprint density at radius 2 is 2.31 bits per heavy atom. The first-order chi connectivity index (χ1) is 7.65. The third-order valence-electron chi connectivity index (χ3n) is 3.16. The number of hydrogen-bond acceptors (Lipinski definition) is 2. The second-order valence-corrected chi connectivity index (χ2v) is 4.66. The van der Waals surface area contributed by atoms with Crippen molar-refractivity contribution in [1.29, 1.82) is 0 Å². The molecule has 2 nitrogen and oxygen atoms in total. The molecule has 1 saturated heterocycles. The molecule has 0 saturated carbocycles. The van der Waals surface area contributed by atoms with Crippen molar-refractivity contribution in [2.24, 2.45) is 0 Å². The molecule has 0 radical (unpaired) electrons. The Morgan fingerprint density at radius 3 is 3.06 bits per heavy atom. The van der Waals surface area contributed by atoms with Crippen LogP contribution in [0.4, 0.5) is 4.39 Å². The van der Waals surface area contributed by atoms with Crippen LogP contribution in [0.25, 0.3) is 0 Å². The number of rotatable bonds is 2. The van der Waals surface area contributed by atoms with E-state index in [2.05, 4.69) is 17.1 Å². The summed E-state index contributed by atoms with van der Waals surface area (Å²) in [5.41, 5.74) is 2.28. The van der Waals surface area contributed by atoms with Gasteiger partial charge in [-0.25, -0.2) is 4.39 Å². The van der Waals surface area contributed by atoms with E-state index in [9.17, 15) is 4.39 Å². The number of halogens is 1. The van der Waals surface area contributed by atoms with E-state index in [4.69, 9.17) is 0 Å². The SMILES string of the molecule is Cc1ccc(F)cc1CN1CCN[C@@H](C)C1. The van der Waals surface area contributed by atoms with Gasteiger partial charge in [-0.2, -0.15) is 0 Å². The molecule has 1 aromatic rings. The topological polar surface area (TPSA) is 15.3 Å². The van der Waals surface area contributed by atoms with Crippen molar-refractivity contribution >= 4 is 0 Å². The minimum atomic E-state index is -0.135. The summed E-state index contributed by atoms with van der Waals surface area (Å²) in [7, 11) is 0. The summed E-state index contributed by atoms with van der Waals surface area (Å²) in [6, 6.07) is 5.57. The first-order valence-corrected chi connectivity index (χ1v) is 5.86. The normalized spacial score (nSPS) is 22.3. The second kappa shape index (κ2) is 4.93. The molecule has 1 aliphatic heterocycles. The maximum atomic E-state index is 13.1. The van der Waals surface area contributed by atoms with Crippen LogP contribution in [0.2, 0.25) is 0 Å². The van der Waals surface area contributed by atoms with Gasteiger partial charge in [0.1, 0.15) is 5.82 Å². The van der Waals surface area contributed by atoms with Crippen LogP contribution >= 0.6 is 0 Å². The molecule has 1 fully saturated rings. The molecule has 0 bridgehead atoms. The first kappa shape index (κ1) is 11.6. The van der Waals surface area contributed by atoms with Crippen LogP contribution in [-0.4, -0.2) is 30.6 Å². The molecule has 0 amide bonds. The maximum absolute atomic E-state index is 13.1. The highest BCUT2D eigenvalue weighted by Crippen LogP contribution is 2.14. The van der Waals surface area contributed by atoms with Crippen LogP contribution in [0.3, 0.4) is 0 Å². The van der Waals surface area contributed by atoms with Gasteiger partial charge in [-0.15, -0.1) is 0 Å². The van der Waals surface area contributed by atoms with Crippen LogP contribution in [0, 0.1) is 12.7 Å². The number of hydrogen-bond donors (Lipinski definition) is 1. The maximum Gasteiger partial charge on any atom is 0.123 e. The number of benzene rings is 1. The standard InChI is InChI=1S/C13H19FN2/c1-10-3-4-13(14)7-12(10)9-16-6-5-15-11(2)8-16/h3-4,7,11,15H,5-6,8-9H2,1-2H3/t11-/m0/s1. The predicted molar refractivity (Wildman–Crippen MR) is 63.9 cm³/mol. The molecule has 16 heavy (non-hydrogen) atoms. The largest absolute Gasteiger partial charge is 0.312 e. The van der Waals surface area contributed by atoms with Crippen molar-refractivity contribution in [3.8, 4) is 0 Å². The van der Waals surface area contributed by atoms with Gasteiger partial charge in [-0.1, -0.05) is 6.07 Å². The number of nitrogens with one attached hydrogen (secondary N) is 1. The van der Waals surface area contributed by atoms with E-state index in [1.165, 1.54) is 11.6 Å². The summed E-state index contributed by atoms with van der Waals surface area (Å²) in [4.78, 5) is 2.38. The smallest absolute Gasteiger partial charge is 0.123 e. The summed E-state index contributed by atoms with van der Waals surface area (Å²) in [6.45, 7) is 8.19. The fourth-order valence-corrected chi connectivity index (χ4v) is 2.21. The molecule has 0 unspecified atom stereocenters. The highest BCUT2D eigenvalue weighted by Gasteiger charge is 2.16. The van der Waals surface area contributed by atoms with Gasteiger partial charge < -0.3 is 5.32 Å². The van der Waals surface area contributed by atoms with E-state index < -0.39 is 0 Å². The van der Waals surface area contributed by atoms with Gasteiger partial charge >= 0.3 is 0 Å². The lowest BCUT2D eigenvalue weighted by molar-refractivity contribution is 0.199. The van der Waals surface area contributed by atoms with Crippen LogP contribution in [-0.2, 0) is 6.54 Å². The molecule has 1 N–H and O–H groups in total. The van der Waals surface area contributed by atoms with E-state index >= 15 is 0 Å². The Bertz CT molecular complexity index is 365. The average Bonchev–Trinajstić information content (AvgIpc) is 2.24. The number of aryl methyl sites for hydroxylation is 1. The quantitative estimate of drug-likeness (QED) is 0.822. The van der Waals surface area contributed by atoms with Gasteiger partial charge in [0.15, 0.2) is 0 Å². The highest BCUT2D eigenvalue weighted by atomic mass is 19.1. The van der Waals surface area contributed by atoms with Crippen molar-refractivity contribution < 1.29 is 4.39 Å². The number of nitrogens with zero attached hydrogens (tertiary/aromatic N) is 1. The Balaban J connectivity index is 2.05. The molecule has 1 aliphatic rings. The first-order valence-electron chi connectivity index (χ1n) is 5.86. The van der Waals surface area contributed by atoms with Gasteiger partial charge in [0.25, 0.3) is 0 Å². The van der Waals surface area contributed by atoms with E-state index in [1.807, 2.05) is 13.0 Å². The summed E-state index contributed by atoms with van der Waals surface area (Å²) in [5, 5.41) is 3.41. The zero-order valence-corrected chi connectivity index (χ0v) is 9.96. The molecule has 0 aliphatic carbocycles. The van der Waals surface area contributed by atoms with Crippen molar-refractivity contribution in [1.82, 2.24) is 10.2 Å². The predicted octanol–water partition coefficient (Wildman–Crippen LogP) is 1.93. The third-order valence-corrected chi connectivity index (χ3v) is 3.16. The fraction of sp³-hybridized carbons (Fsp3) is 0.538. The third kappa shape index (κ3) is 2.80. The monoisotopic (exact) mass is 222 g/mol. The molecular weight excluding hydrogens is 203 g/mol. The fourth-order valence-electron chi connectivity index (χ4n) is 2.21. The lowest BCUT2D eigenvalue weighted by atomic mass is 10.1. The average molecular weight is 222 g/mol.